The van der Waals surface area contributed by atoms with Crippen molar-refractivity contribution in [3.05, 3.63) is 389 Å². The molecule has 5 heteroatoms. The number of anilines is 9. The van der Waals surface area contributed by atoms with Gasteiger partial charge < -0.3 is 19.1 Å². The van der Waals surface area contributed by atoms with Crippen LogP contribution in [0.1, 0.15) is 265 Å². The summed E-state index contributed by atoms with van der Waals surface area (Å²) in [5, 5.41) is 5.08. The molecule has 0 N–H and O–H groups in total. The largest absolute Gasteiger partial charge is 0.456 e. The number of furan rings is 1. The number of benzene rings is 14. The van der Waals surface area contributed by atoms with Gasteiger partial charge in [-0.15, -0.1) is 11.3 Å². The molecule has 0 amide bonds. The van der Waals surface area contributed by atoms with Crippen LogP contribution >= 0.6 is 11.3 Å². The van der Waals surface area contributed by atoms with E-state index in [1.807, 2.05) is 11.3 Å². The third kappa shape index (κ3) is 15.1. The third-order valence-corrected chi connectivity index (χ3v) is 34.7. The molecule has 14 aromatic carbocycles. The van der Waals surface area contributed by atoms with Crippen LogP contribution in [0.3, 0.4) is 0 Å². The van der Waals surface area contributed by atoms with Gasteiger partial charge >= 0.3 is 0 Å². The van der Waals surface area contributed by atoms with E-state index in [9.17, 15) is 0 Å². The van der Waals surface area contributed by atoms with Crippen molar-refractivity contribution in [1.82, 2.24) is 0 Å². The predicted molar refractivity (Wildman–Crippen MR) is 543 cm³/mol. The van der Waals surface area contributed by atoms with Gasteiger partial charge in [0.1, 0.15) is 11.2 Å². The summed E-state index contributed by atoms with van der Waals surface area (Å²) in [6, 6.07) is 127. The van der Waals surface area contributed by atoms with E-state index in [0.717, 1.165) is 70.3 Å². The normalized spacial score (nSPS) is 22.6. The van der Waals surface area contributed by atoms with Crippen molar-refractivity contribution in [1.29, 1.82) is 0 Å². The third-order valence-electron chi connectivity index (χ3n) is 33.6. The highest BCUT2D eigenvalue weighted by Gasteiger charge is 2.49. The molecule has 6 bridgehead atoms. The van der Waals surface area contributed by atoms with E-state index >= 15 is 0 Å². The van der Waals surface area contributed by atoms with Gasteiger partial charge in [0.05, 0.1) is 27.9 Å². The Balaban J connectivity index is 0.000000109. The van der Waals surface area contributed by atoms with Crippen molar-refractivity contribution >= 4 is 105 Å². The first-order chi connectivity index (χ1) is 63.9. The van der Waals surface area contributed by atoms with E-state index in [0.29, 0.717) is 11.8 Å². The minimum absolute atomic E-state index is 0.424. The van der Waals surface area contributed by atoms with Crippen LogP contribution in [0, 0.1) is 35.5 Å². The Hall–Kier alpha value is -11.5. The monoisotopic (exact) mass is 1700 g/mol. The standard InChI is InChI=1S/C50H47N.C37H37NO.C37H37NS/c1-4-13-36(14-5-1)37-25-29-42(30-26-37)51(43-31-27-38(28-32-43)45-34-35-23-24-39(45)33-35)48-22-12-21-47-49(48)44-19-10-11-20-46(44)50(47,40-15-6-2-7-16-40)41-17-8-3-9-18-41;2*1-2-7-26(8-3-1)27-15-19-30(20-16-27)38(31-21-17-28(18-22-31)33-24-25-13-14-29(33)23-25)34-10-6-12-36-37(34)32-9-4-5-11-35(32)39-36/h2-3,6-12,15-22,25-32,35-36,39,45H,1,4-5,13-14,23-24,33-34H2;2*4-6,9-12,15-22,25-26,29,33H,1-3,7-8,13-14,23-24H2. The van der Waals surface area contributed by atoms with Gasteiger partial charge in [0, 0.05) is 65.2 Å². The summed E-state index contributed by atoms with van der Waals surface area (Å²) in [5.74, 6) is 9.95. The lowest BCUT2D eigenvalue weighted by atomic mass is 9.68. The van der Waals surface area contributed by atoms with Gasteiger partial charge in [0.2, 0.25) is 0 Å². The Morgan fingerprint density at radius 3 is 1.04 bits per heavy atom. The van der Waals surface area contributed by atoms with Crippen LogP contribution < -0.4 is 14.7 Å². The van der Waals surface area contributed by atoms with Crippen LogP contribution in [0.4, 0.5) is 51.2 Å². The molecule has 9 atom stereocenters. The molecule has 4 nitrogen and oxygen atoms in total. The average Bonchev–Trinajstić information content (AvgIpc) is 1.53. The summed E-state index contributed by atoms with van der Waals surface area (Å²) in [7, 11) is 0. The van der Waals surface area contributed by atoms with Crippen molar-refractivity contribution in [3.8, 4) is 11.1 Å². The number of thiophene rings is 1. The molecule has 2 aromatic heterocycles. The average molecular weight is 1700 g/mol. The summed E-state index contributed by atoms with van der Waals surface area (Å²) < 4.78 is 9.02. The molecular weight excluding hydrogens is 1580 g/mol. The second-order valence-electron chi connectivity index (χ2n) is 40.6. The zero-order valence-electron chi connectivity index (χ0n) is 74.9. The lowest BCUT2D eigenvalue weighted by molar-refractivity contribution is 0.420. The van der Waals surface area contributed by atoms with Crippen LogP contribution in [-0.2, 0) is 5.41 Å². The van der Waals surface area contributed by atoms with Crippen LogP contribution in [-0.4, -0.2) is 0 Å². The topological polar surface area (TPSA) is 22.9 Å². The van der Waals surface area contributed by atoms with Crippen molar-refractivity contribution in [3.63, 3.8) is 0 Å². The van der Waals surface area contributed by atoms with Gasteiger partial charge in [-0.25, -0.2) is 0 Å². The quantitative estimate of drug-likeness (QED) is 0.0906. The second kappa shape index (κ2) is 35.1. The maximum Gasteiger partial charge on any atom is 0.137 e. The molecule has 9 saturated carbocycles. The summed E-state index contributed by atoms with van der Waals surface area (Å²) in [6.45, 7) is 0. The maximum atomic E-state index is 6.30. The van der Waals surface area contributed by atoms with Crippen molar-refractivity contribution < 1.29 is 4.42 Å². The molecule has 0 aliphatic heterocycles. The molecule has 16 aromatic rings. The van der Waals surface area contributed by atoms with E-state index in [1.165, 1.54) is 317 Å². The Bertz CT molecular complexity index is 6340. The smallest absolute Gasteiger partial charge is 0.137 e. The van der Waals surface area contributed by atoms with Gasteiger partial charge in [-0.2, -0.15) is 0 Å². The van der Waals surface area contributed by atoms with Gasteiger partial charge in [0.15, 0.2) is 0 Å². The minimum atomic E-state index is -0.424. The minimum Gasteiger partial charge on any atom is -0.456 e. The Morgan fingerprint density at radius 1 is 0.248 bits per heavy atom. The first kappa shape index (κ1) is 80.8. The molecule has 644 valence electrons. The Morgan fingerprint density at radius 2 is 0.597 bits per heavy atom. The van der Waals surface area contributed by atoms with Gasteiger partial charge in [0.25, 0.3) is 0 Å². The molecule has 10 aliphatic carbocycles. The van der Waals surface area contributed by atoms with Crippen LogP contribution in [0.15, 0.2) is 338 Å². The zero-order chi connectivity index (χ0) is 85.3. The second-order valence-corrected chi connectivity index (χ2v) is 41.7. The summed E-state index contributed by atoms with van der Waals surface area (Å²) in [6.07, 6.45) is 37.5. The van der Waals surface area contributed by atoms with Crippen molar-refractivity contribution in [2.75, 3.05) is 14.7 Å². The molecular formula is C124H121N3OS. The first-order valence-electron chi connectivity index (χ1n) is 50.1. The fraction of sp³-hybridized carbons (Fsp3) is 0.323. The highest BCUT2D eigenvalue weighted by atomic mass is 32.1. The van der Waals surface area contributed by atoms with E-state index in [2.05, 4.69) is 348 Å². The Kier molecular flexibility index (Phi) is 22.0. The number of hydrogen-bond acceptors (Lipinski definition) is 5. The lowest BCUT2D eigenvalue weighted by Gasteiger charge is -2.34. The van der Waals surface area contributed by atoms with Crippen LogP contribution in [0.25, 0.3) is 53.2 Å². The Labute approximate surface area is 768 Å². The molecule has 9 fully saturated rings. The number of para-hydroxylation sites is 1. The predicted octanol–water partition coefficient (Wildman–Crippen LogP) is 36.0. The highest BCUT2D eigenvalue weighted by Crippen LogP contribution is 2.62. The zero-order valence-corrected chi connectivity index (χ0v) is 75.7. The van der Waals surface area contributed by atoms with E-state index < -0.39 is 5.41 Å². The molecule has 26 rings (SSSR count). The van der Waals surface area contributed by atoms with E-state index in [-0.39, 0.29) is 0 Å². The SMILES string of the molecule is c1ccc(C2(c3ccccc3)c3ccccc3-c3c(N(c4ccc(C5CCCCC5)cc4)c4ccc(C5CC6CCC5C6)cc4)cccc32)cc1.c1ccc2c(c1)oc1cccc(N(c3ccc(C4CCCCC4)cc3)c3ccc(C4CC5CCC4C5)cc3)c12.c1ccc2c(c1)sc1cccc(N(c3ccc(C4CCCCC4)cc3)c3ccc(C4CC5CCC4C5)cc3)c12. The number of hydrogen-bond donors (Lipinski definition) is 0. The molecule has 9 unspecified atom stereocenters. The van der Waals surface area contributed by atoms with Gasteiger partial charge in [-0.3, -0.25) is 0 Å². The van der Waals surface area contributed by atoms with Gasteiger partial charge in [-0.05, 0) is 344 Å². The molecule has 129 heavy (non-hydrogen) atoms. The summed E-state index contributed by atoms with van der Waals surface area (Å²) >= 11 is 1.90. The van der Waals surface area contributed by atoms with Crippen LogP contribution in [0.2, 0.25) is 0 Å². The fourth-order valence-corrected chi connectivity index (χ4v) is 28.5. The fourth-order valence-electron chi connectivity index (χ4n) is 27.4. The first-order valence-corrected chi connectivity index (χ1v) is 50.9. The van der Waals surface area contributed by atoms with E-state index in [1.54, 1.807) is 5.56 Å². The van der Waals surface area contributed by atoms with Crippen molar-refractivity contribution in [2.45, 2.75) is 214 Å². The number of nitrogens with zero attached hydrogens (tertiary/aromatic N) is 3. The summed E-state index contributed by atoms with van der Waals surface area (Å²) in [5.41, 5.74) is 29.6. The van der Waals surface area contributed by atoms with Gasteiger partial charge in [-0.1, -0.05) is 295 Å². The molecule has 0 saturated heterocycles. The molecule has 10 aliphatic rings. The van der Waals surface area contributed by atoms with Crippen LogP contribution in [0.5, 0.6) is 0 Å². The van der Waals surface area contributed by atoms with E-state index in [4.69, 9.17) is 4.42 Å². The summed E-state index contributed by atoms with van der Waals surface area (Å²) in [4.78, 5) is 7.51. The number of fused-ring (bicyclic) bond motifs is 15. The van der Waals surface area contributed by atoms with Crippen molar-refractivity contribution in [2.24, 2.45) is 35.5 Å². The lowest BCUT2D eigenvalue weighted by Crippen LogP contribution is -2.28. The molecule has 2 heterocycles. The number of rotatable bonds is 17. The molecule has 0 radical (unpaired) electrons. The molecule has 0 spiro atoms. The highest BCUT2D eigenvalue weighted by molar-refractivity contribution is 7.26. The maximum absolute atomic E-state index is 6.30.